The number of nitrogens with zero attached hydrogens (tertiary/aromatic N) is 4. The predicted octanol–water partition coefficient (Wildman–Crippen LogP) is 4.48. The van der Waals surface area contributed by atoms with Gasteiger partial charge in [-0.15, -0.1) is 4.68 Å². The van der Waals surface area contributed by atoms with E-state index in [1.165, 1.54) is 23.0 Å². The maximum absolute atomic E-state index is 13.9. The minimum atomic E-state index is -0.875. The Bertz CT molecular complexity index is 1730. The van der Waals surface area contributed by atoms with Crippen molar-refractivity contribution in [1.29, 1.82) is 0 Å². The fourth-order valence-electron chi connectivity index (χ4n) is 4.71. The summed E-state index contributed by atoms with van der Waals surface area (Å²) < 4.78 is 32.9. The van der Waals surface area contributed by atoms with Gasteiger partial charge in [-0.2, -0.15) is 4.98 Å². The van der Waals surface area contributed by atoms with Gasteiger partial charge in [0.05, 0.1) is 19.3 Å². The van der Waals surface area contributed by atoms with Crippen molar-refractivity contribution in [1.82, 2.24) is 19.2 Å². The van der Waals surface area contributed by atoms with E-state index in [2.05, 4.69) is 9.97 Å². The summed E-state index contributed by atoms with van der Waals surface area (Å²) in [6.07, 6.45) is 0.414. The van der Waals surface area contributed by atoms with Gasteiger partial charge < -0.3 is 14.2 Å². The summed E-state index contributed by atoms with van der Waals surface area (Å²) in [4.78, 5) is 33.8. The zero-order chi connectivity index (χ0) is 25.0. The lowest BCUT2D eigenvalue weighted by atomic mass is 9.82. The number of ether oxygens (including phenoxy) is 3. The molecule has 0 saturated carbocycles. The van der Waals surface area contributed by atoms with E-state index in [9.17, 15) is 14.0 Å². The molecule has 36 heavy (non-hydrogen) atoms. The van der Waals surface area contributed by atoms with Gasteiger partial charge in [0.2, 0.25) is 5.88 Å². The number of benzene rings is 3. The van der Waals surface area contributed by atoms with Crippen molar-refractivity contribution in [2.45, 2.75) is 12.8 Å². The summed E-state index contributed by atoms with van der Waals surface area (Å²) in [7, 11) is 1.58. The lowest BCUT2D eigenvalue weighted by Gasteiger charge is -2.29. The van der Waals surface area contributed by atoms with Crippen LogP contribution in [0, 0.1) is 5.82 Å². The van der Waals surface area contributed by atoms with Crippen molar-refractivity contribution in [3.8, 4) is 17.4 Å². The van der Waals surface area contributed by atoms with Crippen molar-refractivity contribution in [2.24, 2.45) is 0 Å². The number of carbonyl (C=O) groups excluding carboxylic acids is 1. The summed E-state index contributed by atoms with van der Waals surface area (Å²) in [5, 5.41) is 1.66. The number of rotatable bonds is 3. The van der Waals surface area contributed by atoms with E-state index < -0.39 is 17.7 Å². The van der Waals surface area contributed by atoms with Crippen LogP contribution in [0.2, 0.25) is 0 Å². The second-order valence-corrected chi connectivity index (χ2v) is 8.17. The van der Waals surface area contributed by atoms with E-state index in [0.717, 1.165) is 21.0 Å². The minimum absolute atomic E-state index is 0.0818. The van der Waals surface area contributed by atoms with Gasteiger partial charge in [-0.1, -0.05) is 36.4 Å². The molecule has 1 aliphatic rings. The molecule has 1 unspecified atom stereocenters. The van der Waals surface area contributed by atoms with E-state index in [-0.39, 0.29) is 24.0 Å². The minimum Gasteiger partial charge on any atom is -0.496 e. The highest BCUT2D eigenvalue weighted by Crippen LogP contribution is 2.51. The van der Waals surface area contributed by atoms with Gasteiger partial charge in [0.15, 0.2) is 5.65 Å². The first kappa shape index (κ1) is 21.8. The van der Waals surface area contributed by atoms with E-state index in [1.54, 1.807) is 26.2 Å². The standard InChI is InChI=1S/C26H19FN4O5/c1-3-35-26(33)31-25(32)29-23-21-20(14-8-10-15(27)11-9-14)18-12-19(34-2)16-6-4-5-7-17(16)22(18)36-24(21)28-13-30(23)31/h4-13,20H,3H2,1-2H3. The van der Waals surface area contributed by atoms with Crippen molar-refractivity contribution in [2.75, 3.05) is 13.7 Å². The Morgan fingerprint density at radius 2 is 1.89 bits per heavy atom. The van der Waals surface area contributed by atoms with Crippen molar-refractivity contribution < 1.29 is 23.4 Å². The molecule has 0 bridgehead atoms. The normalized spacial score (nSPS) is 14.2. The largest absolute Gasteiger partial charge is 0.496 e. The van der Waals surface area contributed by atoms with Crippen LogP contribution in [0.4, 0.5) is 9.18 Å². The highest BCUT2D eigenvalue weighted by atomic mass is 19.1. The number of hydrogen-bond acceptors (Lipinski definition) is 7. The molecular weight excluding hydrogens is 467 g/mol. The monoisotopic (exact) mass is 486 g/mol. The number of aromatic nitrogens is 4. The molecule has 0 aliphatic carbocycles. The average Bonchev–Trinajstić information content (AvgIpc) is 3.23. The first-order valence-corrected chi connectivity index (χ1v) is 11.2. The van der Waals surface area contributed by atoms with Crippen molar-refractivity contribution in [3.05, 3.63) is 93.9 Å². The molecule has 0 N–H and O–H groups in total. The number of halogens is 1. The maximum Gasteiger partial charge on any atom is 0.438 e. The van der Waals surface area contributed by atoms with Crippen LogP contribution in [0.15, 0.2) is 65.7 Å². The molecule has 0 spiro atoms. The SMILES string of the molecule is CCOC(=O)n1c(=O)nc2c3c(ncn21)Oc1c(cc(OC)c2ccccc12)C3c1ccc(F)cc1. The van der Waals surface area contributed by atoms with E-state index in [4.69, 9.17) is 14.2 Å². The first-order valence-electron chi connectivity index (χ1n) is 11.2. The molecule has 0 radical (unpaired) electrons. The number of hydrogen-bond donors (Lipinski definition) is 0. The van der Waals surface area contributed by atoms with Gasteiger partial charge in [0.25, 0.3) is 0 Å². The van der Waals surface area contributed by atoms with Gasteiger partial charge >= 0.3 is 11.8 Å². The molecule has 2 aromatic heterocycles. The van der Waals surface area contributed by atoms with Gasteiger partial charge in [0, 0.05) is 22.3 Å². The third-order valence-corrected chi connectivity index (χ3v) is 6.22. The second-order valence-electron chi connectivity index (χ2n) is 8.17. The Balaban J connectivity index is 1.70. The number of fused-ring (bicyclic) bond motifs is 6. The summed E-state index contributed by atoms with van der Waals surface area (Å²) in [6, 6.07) is 15.5. The average molecular weight is 486 g/mol. The zero-order valence-corrected chi connectivity index (χ0v) is 19.3. The summed E-state index contributed by atoms with van der Waals surface area (Å²) >= 11 is 0. The fraction of sp³-hybridized carbons (Fsp3) is 0.154. The molecule has 10 heteroatoms. The van der Waals surface area contributed by atoms with E-state index in [0.29, 0.717) is 22.6 Å². The second kappa shape index (κ2) is 8.19. The van der Waals surface area contributed by atoms with Gasteiger partial charge in [-0.25, -0.2) is 23.5 Å². The Morgan fingerprint density at radius 1 is 1.14 bits per heavy atom. The lowest BCUT2D eigenvalue weighted by molar-refractivity contribution is 0.148. The quantitative estimate of drug-likeness (QED) is 0.364. The van der Waals surface area contributed by atoms with Crippen LogP contribution in [-0.4, -0.2) is 39.0 Å². The molecule has 0 fully saturated rings. The molecule has 1 aliphatic heterocycles. The van der Waals surface area contributed by atoms with Gasteiger partial charge in [0.1, 0.15) is 23.6 Å². The van der Waals surface area contributed by atoms with Crippen LogP contribution in [0.5, 0.6) is 17.4 Å². The van der Waals surface area contributed by atoms with E-state index >= 15 is 0 Å². The summed E-state index contributed by atoms with van der Waals surface area (Å²) in [5.74, 6) is 0.466. The van der Waals surface area contributed by atoms with Crippen LogP contribution in [0.1, 0.15) is 29.5 Å². The summed E-state index contributed by atoms with van der Waals surface area (Å²) in [6.45, 7) is 1.72. The van der Waals surface area contributed by atoms with E-state index in [1.807, 2.05) is 30.3 Å². The molecule has 3 aromatic carbocycles. The molecule has 9 nitrogen and oxygen atoms in total. The van der Waals surface area contributed by atoms with Crippen molar-refractivity contribution in [3.63, 3.8) is 0 Å². The molecule has 0 amide bonds. The first-order chi connectivity index (χ1) is 17.5. The van der Waals surface area contributed by atoms with Crippen LogP contribution in [-0.2, 0) is 4.74 Å². The topological polar surface area (TPSA) is 97.0 Å². The molecule has 6 rings (SSSR count). The van der Waals surface area contributed by atoms with Gasteiger partial charge in [-0.05, 0) is 30.7 Å². The molecule has 1 atom stereocenters. The molecule has 5 aromatic rings. The van der Waals surface area contributed by atoms with Gasteiger partial charge in [-0.3, -0.25) is 0 Å². The lowest BCUT2D eigenvalue weighted by Crippen LogP contribution is -2.29. The van der Waals surface area contributed by atoms with Crippen LogP contribution in [0.3, 0.4) is 0 Å². The van der Waals surface area contributed by atoms with Crippen LogP contribution < -0.4 is 15.2 Å². The molecule has 0 saturated heterocycles. The Morgan fingerprint density at radius 3 is 2.61 bits per heavy atom. The van der Waals surface area contributed by atoms with Crippen LogP contribution in [0.25, 0.3) is 16.4 Å². The smallest absolute Gasteiger partial charge is 0.438 e. The number of carbonyl (C=O) groups is 1. The van der Waals surface area contributed by atoms with Crippen LogP contribution >= 0.6 is 0 Å². The zero-order valence-electron chi connectivity index (χ0n) is 19.3. The maximum atomic E-state index is 13.9. The highest BCUT2D eigenvalue weighted by molar-refractivity contribution is 5.96. The Hall–Kier alpha value is -4.73. The highest BCUT2D eigenvalue weighted by Gasteiger charge is 2.36. The molecule has 180 valence electrons. The fourth-order valence-corrected chi connectivity index (χ4v) is 4.71. The molecular formula is C26H19FN4O5. The summed E-state index contributed by atoms with van der Waals surface area (Å²) in [5.41, 5.74) is 1.24. The third-order valence-electron chi connectivity index (χ3n) is 6.22. The third kappa shape index (κ3) is 3.14. The molecule has 3 heterocycles. The Kier molecular flexibility index (Phi) is 4.96. The van der Waals surface area contributed by atoms with Crippen molar-refractivity contribution >= 4 is 22.5 Å². The number of methoxy groups -OCH3 is 1. The Labute approximate surface area is 203 Å². The predicted molar refractivity (Wildman–Crippen MR) is 128 cm³/mol.